The molecule has 0 bridgehead atoms. The van der Waals surface area contributed by atoms with E-state index in [4.69, 9.17) is 4.74 Å². The second-order valence-electron chi connectivity index (χ2n) is 5.43. The number of amides is 1. The zero-order valence-electron chi connectivity index (χ0n) is 13.2. The predicted molar refractivity (Wildman–Crippen MR) is 81.8 cm³/mol. The van der Waals surface area contributed by atoms with Gasteiger partial charge in [0.15, 0.2) is 18.2 Å². The van der Waals surface area contributed by atoms with E-state index in [1.165, 1.54) is 6.07 Å². The number of hydrogen-bond donors (Lipinski definition) is 2. The van der Waals surface area contributed by atoms with Crippen LogP contribution in [0, 0.1) is 5.82 Å². The fourth-order valence-corrected chi connectivity index (χ4v) is 1.72. The second kappa shape index (κ2) is 8.62. The molecule has 0 saturated carbocycles. The summed E-state index contributed by atoms with van der Waals surface area (Å²) in [5.74, 6) is -0.547. The molecule has 1 unspecified atom stereocenters. The summed E-state index contributed by atoms with van der Waals surface area (Å²) in [4.78, 5) is 11.7. The summed E-state index contributed by atoms with van der Waals surface area (Å²) in [5, 5.41) is 6.00. The van der Waals surface area contributed by atoms with Crippen molar-refractivity contribution in [2.75, 3.05) is 6.61 Å². The smallest absolute Gasteiger partial charge is 0.258 e. The number of nitrogens with one attached hydrogen (secondary N) is 2. The van der Waals surface area contributed by atoms with Gasteiger partial charge in [0.2, 0.25) is 0 Å². The van der Waals surface area contributed by atoms with Crippen LogP contribution in [-0.4, -0.2) is 24.6 Å². The summed E-state index contributed by atoms with van der Waals surface area (Å²) in [6.45, 7) is 8.24. The van der Waals surface area contributed by atoms with Gasteiger partial charge in [0, 0.05) is 24.2 Å². The Morgan fingerprint density at radius 3 is 2.67 bits per heavy atom. The molecule has 1 aromatic carbocycles. The molecule has 1 aromatic rings. The minimum absolute atomic E-state index is 0.0869. The van der Waals surface area contributed by atoms with E-state index in [1.54, 1.807) is 12.1 Å². The van der Waals surface area contributed by atoms with Crippen molar-refractivity contribution in [2.24, 2.45) is 0 Å². The van der Waals surface area contributed by atoms with E-state index >= 15 is 0 Å². The van der Waals surface area contributed by atoms with E-state index in [-0.39, 0.29) is 30.3 Å². The van der Waals surface area contributed by atoms with Crippen LogP contribution in [0.3, 0.4) is 0 Å². The first-order chi connectivity index (χ1) is 9.93. The monoisotopic (exact) mass is 296 g/mol. The lowest BCUT2D eigenvalue weighted by Gasteiger charge is -2.15. The number of carbonyl (C=O) groups is 1. The van der Waals surface area contributed by atoms with Crippen LogP contribution in [0.2, 0.25) is 0 Å². The fourth-order valence-electron chi connectivity index (χ4n) is 1.72. The lowest BCUT2D eigenvalue weighted by Crippen LogP contribution is -2.35. The number of rotatable bonds is 8. The molecule has 1 atom stereocenters. The van der Waals surface area contributed by atoms with Crippen LogP contribution >= 0.6 is 0 Å². The Bertz CT molecular complexity index is 464. The van der Waals surface area contributed by atoms with E-state index in [2.05, 4.69) is 10.6 Å². The Morgan fingerprint density at radius 2 is 2.05 bits per heavy atom. The minimum Gasteiger partial charge on any atom is -0.480 e. The van der Waals surface area contributed by atoms with E-state index < -0.39 is 5.82 Å². The molecule has 2 N–H and O–H groups in total. The topological polar surface area (TPSA) is 50.4 Å². The van der Waals surface area contributed by atoms with Gasteiger partial charge < -0.3 is 15.4 Å². The number of ether oxygens (including phenoxy) is 1. The second-order valence-corrected chi connectivity index (χ2v) is 5.43. The Labute approximate surface area is 126 Å². The van der Waals surface area contributed by atoms with Crippen molar-refractivity contribution < 1.29 is 13.9 Å². The molecule has 0 aromatic heterocycles. The molecule has 1 rings (SSSR count). The number of para-hydroxylation sites is 1. The molecular formula is C16H25FN2O2. The van der Waals surface area contributed by atoms with E-state index in [9.17, 15) is 9.18 Å². The molecule has 0 heterocycles. The third-order valence-electron chi connectivity index (χ3n) is 3.12. The first-order valence-electron chi connectivity index (χ1n) is 7.37. The maximum absolute atomic E-state index is 13.9. The Kier molecular flexibility index (Phi) is 7.15. The minimum atomic E-state index is -0.450. The zero-order valence-corrected chi connectivity index (χ0v) is 13.2. The Balaban J connectivity index is 2.66. The lowest BCUT2D eigenvalue weighted by atomic mass is 10.2. The molecule has 21 heavy (non-hydrogen) atoms. The van der Waals surface area contributed by atoms with Crippen LogP contribution in [0.15, 0.2) is 18.2 Å². The standard InChI is InChI=1S/C16H25FN2O2/c1-5-12(4)19-15(20)10-21-16-13(9-18-11(2)3)7-6-8-14(16)17/h6-8,11-12,18H,5,9-10H2,1-4H3,(H,19,20). The van der Waals surface area contributed by atoms with Gasteiger partial charge in [-0.2, -0.15) is 0 Å². The molecule has 0 aliphatic heterocycles. The van der Waals surface area contributed by atoms with Gasteiger partial charge in [0.05, 0.1) is 0 Å². The van der Waals surface area contributed by atoms with Gasteiger partial charge >= 0.3 is 0 Å². The molecule has 4 nitrogen and oxygen atoms in total. The third kappa shape index (κ3) is 6.12. The Hall–Kier alpha value is -1.62. The van der Waals surface area contributed by atoms with Gasteiger partial charge in [-0.15, -0.1) is 0 Å². The number of hydrogen-bond acceptors (Lipinski definition) is 3. The van der Waals surface area contributed by atoms with Crippen molar-refractivity contribution in [3.63, 3.8) is 0 Å². The molecule has 0 aliphatic rings. The Morgan fingerprint density at radius 1 is 1.33 bits per heavy atom. The van der Waals surface area contributed by atoms with Crippen LogP contribution in [0.25, 0.3) is 0 Å². The highest BCUT2D eigenvalue weighted by Gasteiger charge is 2.13. The van der Waals surface area contributed by atoms with Crippen molar-refractivity contribution >= 4 is 5.91 Å². The highest BCUT2D eigenvalue weighted by atomic mass is 19.1. The molecule has 0 radical (unpaired) electrons. The average Bonchev–Trinajstić information content (AvgIpc) is 2.43. The summed E-state index contributed by atoms with van der Waals surface area (Å²) < 4.78 is 19.2. The van der Waals surface area contributed by atoms with E-state index in [1.807, 2.05) is 27.7 Å². The zero-order chi connectivity index (χ0) is 15.8. The average molecular weight is 296 g/mol. The fraction of sp³-hybridized carbons (Fsp3) is 0.562. The van der Waals surface area contributed by atoms with Crippen molar-refractivity contribution in [3.05, 3.63) is 29.6 Å². The predicted octanol–water partition coefficient (Wildman–Crippen LogP) is 2.62. The van der Waals surface area contributed by atoms with E-state index in [0.29, 0.717) is 12.1 Å². The number of benzene rings is 1. The van der Waals surface area contributed by atoms with Crippen molar-refractivity contribution in [3.8, 4) is 5.75 Å². The highest BCUT2D eigenvalue weighted by molar-refractivity contribution is 5.77. The highest BCUT2D eigenvalue weighted by Crippen LogP contribution is 2.22. The summed E-state index contributed by atoms with van der Waals surface area (Å²) in [5.41, 5.74) is 0.708. The van der Waals surface area contributed by atoms with Gasteiger partial charge in [0.25, 0.3) is 5.91 Å². The summed E-state index contributed by atoms with van der Waals surface area (Å²) in [7, 11) is 0. The summed E-state index contributed by atoms with van der Waals surface area (Å²) in [6, 6.07) is 5.14. The maximum Gasteiger partial charge on any atom is 0.258 e. The van der Waals surface area contributed by atoms with E-state index in [0.717, 1.165) is 6.42 Å². The third-order valence-corrected chi connectivity index (χ3v) is 3.12. The van der Waals surface area contributed by atoms with Crippen LogP contribution in [0.1, 0.15) is 39.7 Å². The van der Waals surface area contributed by atoms with Gasteiger partial charge in [-0.1, -0.05) is 32.9 Å². The number of halogens is 1. The van der Waals surface area contributed by atoms with Crippen LogP contribution in [0.4, 0.5) is 4.39 Å². The molecule has 5 heteroatoms. The van der Waals surface area contributed by atoms with Crippen LogP contribution < -0.4 is 15.4 Å². The van der Waals surface area contributed by atoms with Gasteiger partial charge in [-0.05, 0) is 19.4 Å². The molecule has 0 fully saturated rings. The van der Waals surface area contributed by atoms with Gasteiger partial charge in [-0.25, -0.2) is 4.39 Å². The first kappa shape index (κ1) is 17.4. The molecule has 0 spiro atoms. The number of carbonyl (C=O) groups excluding carboxylic acids is 1. The maximum atomic E-state index is 13.9. The van der Waals surface area contributed by atoms with Crippen molar-refractivity contribution in [1.82, 2.24) is 10.6 Å². The van der Waals surface area contributed by atoms with Gasteiger partial charge in [-0.3, -0.25) is 4.79 Å². The summed E-state index contributed by atoms with van der Waals surface area (Å²) in [6.07, 6.45) is 0.842. The molecule has 118 valence electrons. The quantitative estimate of drug-likeness (QED) is 0.775. The normalized spacial score (nSPS) is 12.3. The summed E-state index contributed by atoms with van der Waals surface area (Å²) >= 11 is 0. The lowest BCUT2D eigenvalue weighted by molar-refractivity contribution is -0.123. The molecular weight excluding hydrogens is 271 g/mol. The largest absolute Gasteiger partial charge is 0.480 e. The molecule has 0 aliphatic carbocycles. The van der Waals surface area contributed by atoms with Crippen molar-refractivity contribution in [1.29, 1.82) is 0 Å². The van der Waals surface area contributed by atoms with Crippen LogP contribution in [-0.2, 0) is 11.3 Å². The van der Waals surface area contributed by atoms with Crippen molar-refractivity contribution in [2.45, 2.75) is 52.7 Å². The molecule has 1 amide bonds. The SMILES string of the molecule is CCC(C)NC(=O)COc1c(F)cccc1CNC(C)C. The van der Waals surface area contributed by atoms with Crippen LogP contribution in [0.5, 0.6) is 5.75 Å². The first-order valence-corrected chi connectivity index (χ1v) is 7.37. The molecule has 0 saturated heterocycles. The van der Waals surface area contributed by atoms with Gasteiger partial charge in [0.1, 0.15) is 0 Å².